The molecule has 0 bridgehead atoms. The fraction of sp³-hybridized carbons (Fsp3) is 0.444. The Balaban J connectivity index is 0.000000424. The van der Waals surface area contributed by atoms with Crippen molar-refractivity contribution in [3.63, 3.8) is 0 Å². The van der Waals surface area contributed by atoms with E-state index >= 15 is 0 Å². The predicted molar refractivity (Wildman–Crippen MR) is 55.4 cm³/mol. The molecule has 1 amide bonds. The van der Waals surface area contributed by atoms with Crippen molar-refractivity contribution < 1.29 is 9.21 Å². The number of aryl methyl sites for hydroxylation is 2. The Bertz CT molecular complexity index is 237. The Kier molecular flexibility index (Phi) is 6.32. The average molecular weight is 248 g/mol. The molecule has 0 saturated carbocycles. The first-order valence-electron chi connectivity index (χ1n) is 4.11. The quantitative estimate of drug-likeness (QED) is 0.816. The Morgan fingerprint density at radius 3 is 2.38 bits per heavy atom. The Morgan fingerprint density at radius 1 is 1.54 bits per heavy atom. The molecule has 0 atom stereocenters. The molecule has 1 rings (SSSR count). The molecule has 1 aromatic heterocycles. The lowest BCUT2D eigenvalue weighted by Crippen LogP contribution is -1.82. The van der Waals surface area contributed by atoms with Gasteiger partial charge in [-0.2, -0.15) is 0 Å². The summed E-state index contributed by atoms with van der Waals surface area (Å²) in [6, 6.07) is 2.04. The van der Waals surface area contributed by atoms with Crippen LogP contribution in [0.25, 0.3) is 0 Å². The van der Waals surface area contributed by atoms with Crippen LogP contribution in [0.1, 0.15) is 25.2 Å². The fourth-order valence-electron chi connectivity index (χ4n) is 1.03. The van der Waals surface area contributed by atoms with E-state index in [1.165, 1.54) is 5.56 Å². The number of primary amides is 1. The smallest absolute Gasteiger partial charge is 0.204 e. The number of hydrogen-bond acceptors (Lipinski definition) is 2. The summed E-state index contributed by atoms with van der Waals surface area (Å²) in [6.07, 6.45) is 2.28. The van der Waals surface area contributed by atoms with Crippen LogP contribution in [0.15, 0.2) is 15.2 Å². The lowest BCUT2D eigenvalue weighted by Gasteiger charge is -1.91. The van der Waals surface area contributed by atoms with E-state index in [4.69, 9.17) is 9.21 Å². The third kappa shape index (κ3) is 4.12. The van der Waals surface area contributed by atoms with E-state index in [0.29, 0.717) is 0 Å². The van der Waals surface area contributed by atoms with Crippen LogP contribution in [0, 0.1) is 0 Å². The van der Waals surface area contributed by atoms with E-state index in [1.807, 2.05) is 6.07 Å². The minimum Gasteiger partial charge on any atom is -0.454 e. The minimum atomic E-state index is 0.250. The summed E-state index contributed by atoms with van der Waals surface area (Å²) in [5.41, 5.74) is 5.48. The molecule has 4 heteroatoms. The van der Waals surface area contributed by atoms with Crippen LogP contribution in [0.5, 0.6) is 0 Å². The molecule has 0 saturated heterocycles. The van der Waals surface area contributed by atoms with Crippen molar-refractivity contribution in [2.45, 2.75) is 26.7 Å². The largest absolute Gasteiger partial charge is 0.454 e. The second-order valence-corrected chi connectivity index (χ2v) is 3.12. The zero-order valence-corrected chi connectivity index (χ0v) is 9.43. The molecule has 3 nitrogen and oxygen atoms in total. The zero-order valence-electron chi connectivity index (χ0n) is 7.84. The monoisotopic (exact) mass is 247 g/mol. The molecule has 1 aromatic rings. The Labute approximate surface area is 86.4 Å². The van der Waals surface area contributed by atoms with Gasteiger partial charge in [0.25, 0.3) is 0 Å². The van der Waals surface area contributed by atoms with Crippen molar-refractivity contribution in [1.82, 2.24) is 0 Å². The van der Waals surface area contributed by atoms with Gasteiger partial charge in [-0.1, -0.05) is 13.8 Å². The molecule has 0 unspecified atom stereocenters. The van der Waals surface area contributed by atoms with E-state index in [9.17, 15) is 0 Å². The molecular formula is C9H14BrNO2. The lowest BCUT2D eigenvalue weighted by molar-refractivity contribution is -0.106. The predicted octanol–water partition coefficient (Wildman–Crippen LogP) is 2.27. The molecule has 0 spiro atoms. The number of amides is 1. The first-order valence-corrected chi connectivity index (χ1v) is 4.91. The molecule has 0 radical (unpaired) electrons. The normalized spacial score (nSPS) is 8.85. The van der Waals surface area contributed by atoms with E-state index in [2.05, 4.69) is 35.5 Å². The Morgan fingerprint density at radius 2 is 2.08 bits per heavy atom. The van der Waals surface area contributed by atoms with Gasteiger partial charge in [0, 0.05) is 6.42 Å². The number of halogens is 1. The Hall–Kier alpha value is -0.770. The number of rotatable bonds is 2. The van der Waals surface area contributed by atoms with Crippen LogP contribution in [-0.2, 0) is 17.6 Å². The molecular weight excluding hydrogens is 234 g/mol. The van der Waals surface area contributed by atoms with Gasteiger partial charge in [-0.05, 0) is 34.0 Å². The third-order valence-electron chi connectivity index (χ3n) is 1.57. The van der Waals surface area contributed by atoms with Crippen molar-refractivity contribution in [2.24, 2.45) is 5.73 Å². The van der Waals surface area contributed by atoms with E-state index < -0.39 is 0 Å². The van der Waals surface area contributed by atoms with Crippen LogP contribution in [0.3, 0.4) is 0 Å². The van der Waals surface area contributed by atoms with Gasteiger partial charge in [0.15, 0.2) is 4.67 Å². The van der Waals surface area contributed by atoms with Gasteiger partial charge >= 0.3 is 0 Å². The van der Waals surface area contributed by atoms with Gasteiger partial charge in [-0.25, -0.2) is 0 Å². The van der Waals surface area contributed by atoms with Crippen molar-refractivity contribution in [3.05, 3.63) is 22.1 Å². The van der Waals surface area contributed by atoms with Crippen LogP contribution in [0.4, 0.5) is 0 Å². The standard InChI is InChI=1S/C8H11BrO.CH3NO/c1-3-6-5-8(9)10-7(6)4-2;2-1-3/h5H,3-4H2,1-2H3;1H,(H2,2,3). The van der Waals surface area contributed by atoms with Crippen molar-refractivity contribution in [3.8, 4) is 0 Å². The summed E-state index contributed by atoms with van der Waals surface area (Å²) >= 11 is 3.30. The summed E-state index contributed by atoms with van der Waals surface area (Å²) in [7, 11) is 0. The SMILES string of the molecule is CCc1cc(Br)oc1CC.NC=O. The first kappa shape index (κ1) is 12.2. The summed E-state index contributed by atoms with van der Waals surface area (Å²) in [6.45, 7) is 4.24. The zero-order chi connectivity index (χ0) is 10.3. The maximum absolute atomic E-state index is 8.58. The van der Waals surface area contributed by atoms with Crippen molar-refractivity contribution in [1.29, 1.82) is 0 Å². The number of hydrogen-bond donors (Lipinski definition) is 1. The highest BCUT2D eigenvalue weighted by atomic mass is 79.9. The van der Waals surface area contributed by atoms with Crippen LogP contribution < -0.4 is 5.73 Å². The van der Waals surface area contributed by atoms with Gasteiger partial charge in [0.2, 0.25) is 6.41 Å². The maximum Gasteiger partial charge on any atom is 0.204 e. The molecule has 0 aliphatic rings. The number of nitrogens with two attached hydrogens (primary N) is 1. The summed E-state index contributed by atoms with van der Waals surface area (Å²) in [5, 5.41) is 0. The van der Waals surface area contributed by atoms with E-state index in [0.717, 1.165) is 23.3 Å². The lowest BCUT2D eigenvalue weighted by atomic mass is 10.2. The summed E-state index contributed by atoms with van der Waals surface area (Å²) in [5.74, 6) is 1.11. The van der Waals surface area contributed by atoms with E-state index in [1.54, 1.807) is 0 Å². The number of carbonyl (C=O) groups excluding carboxylic acids is 1. The molecule has 0 aliphatic carbocycles. The molecule has 13 heavy (non-hydrogen) atoms. The summed E-state index contributed by atoms with van der Waals surface area (Å²) in [4.78, 5) is 8.58. The topological polar surface area (TPSA) is 56.2 Å². The molecule has 0 fully saturated rings. The number of carbonyl (C=O) groups is 1. The molecule has 2 N–H and O–H groups in total. The fourth-order valence-corrected chi connectivity index (χ4v) is 1.50. The molecule has 74 valence electrons. The van der Waals surface area contributed by atoms with Gasteiger partial charge in [0.1, 0.15) is 5.76 Å². The highest BCUT2D eigenvalue weighted by Crippen LogP contribution is 2.20. The second-order valence-electron chi connectivity index (χ2n) is 2.34. The van der Waals surface area contributed by atoms with Crippen LogP contribution >= 0.6 is 15.9 Å². The van der Waals surface area contributed by atoms with Gasteiger partial charge in [-0.3, -0.25) is 4.79 Å². The van der Waals surface area contributed by atoms with Crippen molar-refractivity contribution >= 4 is 22.3 Å². The molecule has 1 heterocycles. The van der Waals surface area contributed by atoms with Crippen LogP contribution in [-0.4, -0.2) is 6.41 Å². The molecule has 0 aromatic carbocycles. The highest BCUT2D eigenvalue weighted by Gasteiger charge is 2.04. The van der Waals surface area contributed by atoms with Crippen LogP contribution in [0.2, 0.25) is 0 Å². The maximum atomic E-state index is 8.58. The number of furan rings is 1. The summed E-state index contributed by atoms with van der Waals surface area (Å²) < 4.78 is 6.22. The van der Waals surface area contributed by atoms with Gasteiger partial charge in [-0.15, -0.1) is 0 Å². The van der Waals surface area contributed by atoms with E-state index in [-0.39, 0.29) is 6.41 Å². The average Bonchev–Trinajstić information content (AvgIpc) is 2.47. The highest BCUT2D eigenvalue weighted by molar-refractivity contribution is 9.10. The van der Waals surface area contributed by atoms with Gasteiger partial charge < -0.3 is 10.2 Å². The first-order chi connectivity index (χ1) is 6.19. The van der Waals surface area contributed by atoms with Crippen molar-refractivity contribution in [2.75, 3.05) is 0 Å². The second kappa shape index (κ2) is 6.71. The minimum absolute atomic E-state index is 0.250. The van der Waals surface area contributed by atoms with Gasteiger partial charge in [0.05, 0.1) is 0 Å². The third-order valence-corrected chi connectivity index (χ3v) is 1.96. The molecule has 0 aliphatic heterocycles.